The summed E-state index contributed by atoms with van der Waals surface area (Å²) in [7, 11) is 0. The highest BCUT2D eigenvalue weighted by Crippen LogP contribution is 2.36. The molecular weight excluding hydrogens is 378 g/mol. The fourth-order valence-electron chi connectivity index (χ4n) is 3.24. The number of hydrogen-bond donors (Lipinski definition) is 0. The first-order valence-corrected chi connectivity index (χ1v) is 11.3. The second-order valence-corrected chi connectivity index (χ2v) is 8.69. The van der Waals surface area contributed by atoms with E-state index in [-0.39, 0.29) is 5.91 Å². The normalized spacial score (nSPS) is 16.8. The van der Waals surface area contributed by atoms with E-state index in [0.29, 0.717) is 32.1 Å². The summed E-state index contributed by atoms with van der Waals surface area (Å²) in [6.07, 6.45) is 2.87. The van der Waals surface area contributed by atoms with Crippen LogP contribution >= 0.6 is 23.5 Å². The number of aromatic nitrogens is 2. The van der Waals surface area contributed by atoms with E-state index in [0.717, 1.165) is 41.6 Å². The molecule has 0 spiro atoms. The van der Waals surface area contributed by atoms with E-state index in [1.54, 1.807) is 11.8 Å². The SMILES string of the molecule is O=C(CSc1nc(Cc2ccccc2)nc2c1SCCC2)N1CCOCC1. The summed E-state index contributed by atoms with van der Waals surface area (Å²) < 4.78 is 5.33. The molecule has 4 rings (SSSR count). The Balaban J connectivity index is 1.51. The number of fused-ring (bicyclic) bond motifs is 1. The molecule has 2 aliphatic heterocycles. The Morgan fingerprint density at radius 3 is 2.81 bits per heavy atom. The second-order valence-electron chi connectivity index (χ2n) is 6.62. The summed E-state index contributed by atoms with van der Waals surface area (Å²) in [6.45, 7) is 2.65. The van der Waals surface area contributed by atoms with Gasteiger partial charge in [-0.25, -0.2) is 9.97 Å². The fourth-order valence-corrected chi connectivity index (χ4v) is 5.43. The number of thioether (sulfide) groups is 2. The lowest BCUT2D eigenvalue weighted by molar-refractivity contribution is -0.132. The van der Waals surface area contributed by atoms with Gasteiger partial charge in [0.05, 0.1) is 29.6 Å². The second kappa shape index (κ2) is 9.08. The molecule has 2 aromatic rings. The molecule has 27 heavy (non-hydrogen) atoms. The minimum atomic E-state index is 0.168. The van der Waals surface area contributed by atoms with Crippen LogP contribution in [-0.2, 0) is 22.4 Å². The molecule has 3 heterocycles. The molecule has 1 aromatic carbocycles. The lowest BCUT2D eigenvalue weighted by atomic mass is 10.1. The van der Waals surface area contributed by atoms with E-state index in [2.05, 4.69) is 12.1 Å². The van der Waals surface area contributed by atoms with Gasteiger partial charge in [-0.3, -0.25) is 4.79 Å². The number of nitrogens with zero attached hydrogens (tertiary/aromatic N) is 3. The van der Waals surface area contributed by atoms with Crippen LogP contribution in [0.25, 0.3) is 0 Å². The number of morpholine rings is 1. The topological polar surface area (TPSA) is 55.3 Å². The largest absolute Gasteiger partial charge is 0.378 e. The monoisotopic (exact) mass is 401 g/mol. The molecule has 1 saturated heterocycles. The molecular formula is C20H23N3O2S2. The first kappa shape index (κ1) is 18.8. The first-order valence-electron chi connectivity index (χ1n) is 9.34. The van der Waals surface area contributed by atoms with Crippen molar-refractivity contribution in [2.24, 2.45) is 0 Å². The van der Waals surface area contributed by atoms with Gasteiger partial charge in [-0.05, 0) is 24.2 Å². The molecule has 0 bridgehead atoms. The third kappa shape index (κ3) is 4.83. The quantitative estimate of drug-likeness (QED) is 0.567. The number of carbonyl (C=O) groups excluding carboxylic acids is 1. The minimum absolute atomic E-state index is 0.168. The number of amides is 1. The minimum Gasteiger partial charge on any atom is -0.378 e. The van der Waals surface area contributed by atoms with Crippen molar-refractivity contribution < 1.29 is 9.53 Å². The Hall–Kier alpha value is -1.57. The third-order valence-electron chi connectivity index (χ3n) is 4.66. The molecule has 1 aromatic heterocycles. The molecule has 1 fully saturated rings. The van der Waals surface area contributed by atoms with Gasteiger partial charge in [0.25, 0.3) is 0 Å². The van der Waals surface area contributed by atoms with Gasteiger partial charge >= 0.3 is 0 Å². The lowest BCUT2D eigenvalue weighted by Gasteiger charge is -2.26. The standard InChI is InChI=1S/C20H23N3O2S2/c24-18(23-8-10-25-11-9-23)14-27-20-19-16(7-4-12-26-19)21-17(22-20)13-15-5-2-1-3-6-15/h1-3,5-6H,4,7-14H2. The maximum Gasteiger partial charge on any atom is 0.233 e. The predicted octanol–water partition coefficient (Wildman–Crippen LogP) is 3.06. The van der Waals surface area contributed by atoms with Crippen molar-refractivity contribution in [1.29, 1.82) is 0 Å². The number of ether oxygens (including phenoxy) is 1. The zero-order chi connectivity index (χ0) is 18.5. The van der Waals surface area contributed by atoms with Crippen LogP contribution < -0.4 is 0 Å². The van der Waals surface area contributed by atoms with Crippen LogP contribution in [0.2, 0.25) is 0 Å². The van der Waals surface area contributed by atoms with Gasteiger partial charge in [0.1, 0.15) is 10.9 Å². The smallest absolute Gasteiger partial charge is 0.233 e. The first-order chi connectivity index (χ1) is 13.3. The Kier molecular flexibility index (Phi) is 6.32. The molecule has 7 heteroatoms. The fraction of sp³-hybridized carbons (Fsp3) is 0.450. The van der Waals surface area contributed by atoms with Crippen LogP contribution in [0, 0.1) is 0 Å². The molecule has 0 N–H and O–H groups in total. The van der Waals surface area contributed by atoms with E-state index in [1.807, 2.05) is 34.9 Å². The van der Waals surface area contributed by atoms with Crippen molar-refractivity contribution in [3.05, 3.63) is 47.4 Å². The highest BCUT2D eigenvalue weighted by molar-refractivity contribution is 8.02. The summed E-state index contributed by atoms with van der Waals surface area (Å²) in [4.78, 5) is 25.2. The Morgan fingerprint density at radius 2 is 2.00 bits per heavy atom. The zero-order valence-corrected chi connectivity index (χ0v) is 16.9. The van der Waals surface area contributed by atoms with Gasteiger partial charge in [0.2, 0.25) is 5.91 Å². The van der Waals surface area contributed by atoms with Crippen LogP contribution in [0.3, 0.4) is 0 Å². The predicted molar refractivity (Wildman–Crippen MR) is 108 cm³/mol. The summed E-state index contributed by atoms with van der Waals surface area (Å²) in [5.74, 6) is 2.54. The van der Waals surface area contributed by atoms with E-state index >= 15 is 0 Å². The van der Waals surface area contributed by atoms with Crippen molar-refractivity contribution in [3.8, 4) is 0 Å². The maximum absolute atomic E-state index is 12.5. The van der Waals surface area contributed by atoms with Gasteiger partial charge in [-0.2, -0.15) is 0 Å². The van der Waals surface area contributed by atoms with Gasteiger partial charge in [-0.1, -0.05) is 42.1 Å². The van der Waals surface area contributed by atoms with Gasteiger partial charge in [0, 0.05) is 19.5 Å². The van der Waals surface area contributed by atoms with E-state index in [1.165, 1.54) is 10.5 Å². The van der Waals surface area contributed by atoms with E-state index < -0.39 is 0 Å². The number of rotatable bonds is 5. The number of hydrogen-bond acceptors (Lipinski definition) is 6. The van der Waals surface area contributed by atoms with Crippen LogP contribution in [0.5, 0.6) is 0 Å². The molecule has 1 amide bonds. The summed E-state index contributed by atoms with van der Waals surface area (Å²) in [6, 6.07) is 10.3. The van der Waals surface area contributed by atoms with Crippen molar-refractivity contribution in [2.45, 2.75) is 29.2 Å². The number of carbonyl (C=O) groups is 1. The average molecular weight is 402 g/mol. The molecule has 142 valence electrons. The number of benzene rings is 1. The maximum atomic E-state index is 12.5. The van der Waals surface area contributed by atoms with Crippen molar-refractivity contribution in [2.75, 3.05) is 37.8 Å². The zero-order valence-electron chi connectivity index (χ0n) is 15.2. The Bertz CT molecular complexity index is 795. The van der Waals surface area contributed by atoms with Crippen molar-refractivity contribution >= 4 is 29.4 Å². The van der Waals surface area contributed by atoms with Crippen LogP contribution in [0.15, 0.2) is 40.3 Å². The van der Waals surface area contributed by atoms with Crippen LogP contribution in [-0.4, -0.2) is 58.6 Å². The average Bonchev–Trinajstić information content (AvgIpc) is 2.73. The lowest BCUT2D eigenvalue weighted by Crippen LogP contribution is -2.41. The highest BCUT2D eigenvalue weighted by atomic mass is 32.2. The molecule has 2 aliphatic rings. The summed E-state index contributed by atoms with van der Waals surface area (Å²) >= 11 is 3.38. The summed E-state index contributed by atoms with van der Waals surface area (Å²) in [5, 5.41) is 0.970. The molecule has 0 saturated carbocycles. The van der Waals surface area contributed by atoms with Gasteiger partial charge in [-0.15, -0.1) is 11.8 Å². The van der Waals surface area contributed by atoms with E-state index in [9.17, 15) is 4.79 Å². The van der Waals surface area contributed by atoms with Crippen LogP contribution in [0.1, 0.15) is 23.5 Å². The van der Waals surface area contributed by atoms with Gasteiger partial charge in [0.15, 0.2) is 0 Å². The van der Waals surface area contributed by atoms with Gasteiger partial charge < -0.3 is 9.64 Å². The molecule has 0 unspecified atom stereocenters. The van der Waals surface area contributed by atoms with E-state index in [4.69, 9.17) is 14.7 Å². The molecule has 0 aliphatic carbocycles. The molecule has 0 atom stereocenters. The molecule has 5 nitrogen and oxygen atoms in total. The molecule has 0 radical (unpaired) electrons. The summed E-state index contributed by atoms with van der Waals surface area (Å²) in [5.41, 5.74) is 2.36. The Morgan fingerprint density at radius 1 is 1.19 bits per heavy atom. The Labute approximate surface area is 168 Å². The highest BCUT2D eigenvalue weighted by Gasteiger charge is 2.22. The number of aryl methyl sites for hydroxylation is 1. The van der Waals surface area contributed by atoms with Crippen LogP contribution in [0.4, 0.5) is 0 Å². The van der Waals surface area contributed by atoms with Crippen molar-refractivity contribution in [1.82, 2.24) is 14.9 Å². The third-order valence-corrected chi connectivity index (χ3v) is 6.96. The van der Waals surface area contributed by atoms with Crippen molar-refractivity contribution in [3.63, 3.8) is 0 Å².